The molecule has 0 fully saturated rings. The van der Waals surface area contributed by atoms with E-state index in [9.17, 15) is 21.6 Å². The highest BCUT2D eigenvalue weighted by Gasteiger charge is 2.19. The van der Waals surface area contributed by atoms with Gasteiger partial charge in [0.25, 0.3) is 15.9 Å². The van der Waals surface area contributed by atoms with Crippen LogP contribution >= 0.6 is 34.8 Å². The van der Waals surface area contributed by atoms with Crippen LogP contribution in [0.1, 0.15) is 15.9 Å². The summed E-state index contributed by atoms with van der Waals surface area (Å²) in [6.07, 6.45) is 1.11. The summed E-state index contributed by atoms with van der Waals surface area (Å²) in [6.45, 7) is 0.0481. The molecule has 208 valence electrons. The molecule has 0 radical (unpaired) electrons. The fraction of sp³-hybridized carbons (Fsp3) is 0.0741. The van der Waals surface area contributed by atoms with Gasteiger partial charge in [0, 0.05) is 26.3 Å². The lowest BCUT2D eigenvalue weighted by molar-refractivity contribution is 0.102. The topological polar surface area (TPSA) is 113 Å². The molecule has 8 nitrogen and oxygen atoms in total. The lowest BCUT2D eigenvalue weighted by Crippen LogP contribution is -2.29. The smallest absolute Gasteiger partial charge is 0.261 e. The maximum Gasteiger partial charge on any atom is 0.261 e. The Hall–Kier alpha value is -3.28. The summed E-state index contributed by atoms with van der Waals surface area (Å²) in [5.41, 5.74) is 2.00. The largest absolute Gasteiger partial charge is 0.322 e. The molecule has 0 saturated carbocycles. The Morgan fingerprint density at radius 3 is 1.95 bits per heavy atom. The van der Waals surface area contributed by atoms with Crippen LogP contribution in [-0.2, 0) is 26.6 Å². The summed E-state index contributed by atoms with van der Waals surface area (Å²) >= 11 is 17.9. The Balaban J connectivity index is 1.43. The van der Waals surface area contributed by atoms with Crippen molar-refractivity contribution >= 4 is 77.8 Å². The van der Waals surface area contributed by atoms with E-state index in [1.54, 1.807) is 48.5 Å². The van der Waals surface area contributed by atoms with Crippen LogP contribution in [0.25, 0.3) is 0 Å². The van der Waals surface area contributed by atoms with Gasteiger partial charge >= 0.3 is 0 Å². The Morgan fingerprint density at radius 2 is 1.38 bits per heavy atom. The molecule has 0 unspecified atom stereocenters. The number of sulfonamides is 2. The van der Waals surface area contributed by atoms with Gasteiger partial charge in [-0.15, -0.1) is 0 Å². The van der Waals surface area contributed by atoms with Crippen molar-refractivity contribution in [3.05, 3.63) is 117 Å². The minimum Gasteiger partial charge on any atom is -0.322 e. The number of hydrogen-bond donors (Lipinski definition) is 2. The van der Waals surface area contributed by atoms with Crippen LogP contribution in [0, 0.1) is 0 Å². The van der Waals surface area contributed by atoms with E-state index in [4.69, 9.17) is 34.8 Å². The van der Waals surface area contributed by atoms with Crippen molar-refractivity contribution in [1.82, 2.24) is 0 Å². The summed E-state index contributed by atoms with van der Waals surface area (Å²) in [7, 11) is -7.53. The molecule has 0 atom stereocenters. The fourth-order valence-electron chi connectivity index (χ4n) is 3.71. The molecule has 0 aliphatic carbocycles. The maximum atomic E-state index is 12.8. The van der Waals surface area contributed by atoms with Gasteiger partial charge in [-0.05, 0) is 78.4 Å². The highest BCUT2D eigenvalue weighted by molar-refractivity contribution is 7.92. The molecule has 4 aromatic rings. The normalized spacial score (nSPS) is 11.6. The molecular formula is C27H22Cl3N3O5S2. The highest BCUT2D eigenvalue weighted by atomic mass is 35.5. The third-order valence-electron chi connectivity index (χ3n) is 5.58. The molecule has 0 aliphatic heterocycles. The highest BCUT2D eigenvalue weighted by Crippen LogP contribution is 2.26. The monoisotopic (exact) mass is 637 g/mol. The average molecular weight is 639 g/mol. The first-order chi connectivity index (χ1) is 18.8. The Morgan fingerprint density at radius 1 is 0.750 bits per heavy atom. The van der Waals surface area contributed by atoms with Gasteiger partial charge in [-0.1, -0.05) is 53.0 Å². The summed E-state index contributed by atoms with van der Waals surface area (Å²) in [6, 6.07) is 22.9. The van der Waals surface area contributed by atoms with E-state index in [1.807, 2.05) is 0 Å². The van der Waals surface area contributed by atoms with E-state index >= 15 is 0 Å². The van der Waals surface area contributed by atoms with Crippen LogP contribution in [0.5, 0.6) is 0 Å². The fourth-order valence-corrected chi connectivity index (χ4v) is 6.34. The third-order valence-corrected chi connectivity index (χ3v) is 8.79. The number of rotatable bonds is 9. The number of halogens is 3. The van der Waals surface area contributed by atoms with Crippen molar-refractivity contribution in [1.29, 1.82) is 0 Å². The number of amides is 1. The predicted molar refractivity (Wildman–Crippen MR) is 161 cm³/mol. The first kappa shape index (κ1) is 29.7. The SMILES string of the molecule is CS(=O)(=O)N(Cc1ccc(C(=O)Nc2ccc(S(=O)(=O)Nc3cc(Cl)cc(Cl)c3)cc2)cc1)c1cccc(Cl)c1. The lowest BCUT2D eigenvalue weighted by atomic mass is 10.1. The number of benzene rings is 4. The second kappa shape index (κ2) is 12.1. The molecule has 0 bridgehead atoms. The standard InChI is InChI=1S/C27H22Cl3N3O5S2/c1-39(35,36)33(25-4-2-3-20(28)16-25)17-18-5-7-19(8-6-18)27(34)31-23-9-11-26(12-10-23)40(37,38)32-24-14-21(29)13-22(30)15-24/h2-16,32H,17H2,1H3,(H,31,34). The molecule has 0 spiro atoms. The second-order valence-corrected chi connectivity index (χ2v) is 13.6. The minimum absolute atomic E-state index is 0.0268. The van der Waals surface area contributed by atoms with Crippen LogP contribution in [0.2, 0.25) is 15.1 Å². The Labute approximate surface area is 247 Å². The van der Waals surface area contributed by atoms with E-state index in [0.29, 0.717) is 27.5 Å². The molecule has 4 aromatic carbocycles. The van der Waals surface area contributed by atoms with Gasteiger partial charge in [-0.3, -0.25) is 13.8 Å². The Bertz CT molecular complexity index is 1740. The van der Waals surface area contributed by atoms with E-state index < -0.39 is 26.0 Å². The molecule has 1 amide bonds. The van der Waals surface area contributed by atoms with E-state index in [1.165, 1.54) is 46.8 Å². The van der Waals surface area contributed by atoms with Crippen molar-refractivity contribution in [2.75, 3.05) is 20.6 Å². The number of hydrogen-bond acceptors (Lipinski definition) is 5. The van der Waals surface area contributed by atoms with Crippen LogP contribution in [0.15, 0.2) is 95.9 Å². The summed E-state index contributed by atoms with van der Waals surface area (Å²) in [4.78, 5) is 12.7. The second-order valence-electron chi connectivity index (χ2n) is 8.69. The summed E-state index contributed by atoms with van der Waals surface area (Å²) < 4.78 is 53.9. The van der Waals surface area contributed by atoms with Gasteiger partial charge in [0.15, 0.2) is 0 Å². The third kappa shape index (κ3) is 7.67. The molecular weight excluding hydrogens is 617 g/mol. The zero-order chi connectivity index (χ0) is 29.1. The van der Waals surface area contributed by atoms with Crippen molar-refractivity contribution < 1.29 is 21.6 Å². The maximum absolute atomic E-state index is 12.8. The average Bonchev–Trinajstić information content (AvgIpc) is 2.86. The van der Waals surface area contributed by atoms with Crippen molar-refractivity contribution in [2.45, 2.75) is 11.4 Å². The van der Waals surface area contributed by atoms with Crippen LogP contribution in [0.3, 0.4) is 0 Å². The Kier molecular flexibility index (Phi) is 8.96. The van der Waals surface area contributed by atoms with Crippen molar-refractivity contribution in [3.8, 4) is 0 Å². The van der Waals surface area contributed by atoms with E-state index in [2.05, 4.69) is 10.0 Å². The molecule has 0 heterocycles. The lowest BCUT2D eigenvalue weighted by Gasteiger charge is -2.22. The molecule has 0 saturated heterocycles. The first-order valence-corrected chi connectivity index (χ1v) is 16.0. The van der Waals surface area contributed by atoms with E-state index in [0.717, 1.165) is 6.26 Å². The van der Waals surface area contributed by atoms with Crippen LogP contribution in [-0.4, -0.2) is 29.0 Å². The number of nitrogens with zero attached hydrogens (tertiary/aromatic N) is 1. The quantitative estimate of drug-likeness (QED) is 0.213. The zero-order valence-corrected chi connectivity index (χ0v) is 24.7. The minimum atomic E-state index is -3.93. The van der Waals surface area contributed by atoms with Gasteiger partial charge in [-0.2, -0.15) is 0 Å². The van der Waals surface area contributed by atoms with Gasteiger partial charge < -0.3 is 5.32 Å². The number of carbonyl (C=O) groups excluding carboxylic acids is 1. The number of carbonyl (C=O) groups is 1. The van der Waals surface area contributed by atoms with Gasteiger partial charge in [-0.25, -0.2) is 16.8 Å². The van der Waals surface area contributed by atoms with Gasteiger partial charge in [0.1, 0.15) is 0 Å². The summed E-state index contributed by atoms with van der Waals surface area (Å²) in [5, 5.41) is 3.68. The van der Waals surface area contributed by atoms with E-state index in [-0.39, 0.29) is 27.2 Å². The molecule has 0 aliphatic rings. The predicted octanol–water partition coefficient (Wildman–Crippen LogP) is 6.67. The number of nitrogens with one attached hydrogen (secondary N) is 2. The zero-order valence-electron chi connectivity index (χ0n) is 20.8. The van der Waals surface area contributed by atoms with Gasteiger partial charge in [0.05, 0.1) is 29.1 Å². The first-order valence-electron chi connectivity index (χ1n) is 11.5. The van der Waals surface area contributed by atoms with Crippen molar-refractivity contribution in [3.63, 3.8) is 0 Å². The number of anilines is 3. The molecule has 2 N–H and O–H groups in total. The molecule has 40 heavy (non-hydrogen) atoms. The van der Waals surface area contributed by atoms with Gasteiger partial charge in [0.2, 0.25) is 10.0 Å². The van der Waals surface area contributed by atoms with Crippen LogP contribution < -0.4 is 14.3 Å². The van der Waals surface area contributed by atoms with Crippen LogP contribution in [0.4, 0.5) is 17.1 Å². The molecule has 0 aromatic heterocycles. The summed E-state index contributed by atoms with van der Waals surface area (Å²) in [5.74, 6) is -0.427. The molecule has 13 heteroatoms. The van der Waals surface area contributed by atoms with Crippen molar-refractivity contribution in [2.24, 2.45) is 0 Å². The molecule has 4 rings (SSSR count).